The summed E-state index contributed by atoms with van der Waals surface area (Å²) in [4.78, 5) is 4.45. The van der Waals surface area contributed by atoms with Crippen LogP contribution in [0, 0.1) is 0 Å². The van der Waals surface area contributed by atoms with Gasteiger partial charge < -0.3 is 9.73 Å². The van der Waals surface area contributed by atoms with Crippen molar-refractivity contribution in [3.8, 4) is 0 Å². The van der Waals surface area contributed by atoms with Crippen LogP contribution < -0.4 is 5.32 Å². The summed E-state index contributed by atoms with van der Waals surface area (Å²) in [5, 5.41) is 3.39. The van der Waals surface area contributed by atoms with Gasteiger partial charge in [-0.15, -0.1) is 0 Å². The van der Waals surface area contributed by atoms with Crippen molar-refractivity contribution in [3.63, 3.8) is 0 Å². The number of furan rings is 1. The first-order valence-electron chi connectivity index (χ1n) is 5.28. The van der Waals surface area contributed by atoms with Crippen LogP contribution in [0.4, 0.5) is 0 Å². The summed E-state index contributed by atoms with van der Waals surface area (Å²) in [6.45, 7) is 2.93. The zero-order valence-corrected chi connectivity index (χ0v) is 12.5. The third-order valence-electron chi connectivity index (χ3n) is 2.39. The molecule has 3 nitrogen and oxygen atoms in total. The highest BCUT2D eigenvalue weighted by Crippen LogP contribution is 2.28. The number of nitrogens with zero attached hydrogens (tertiary/aromatic N) is 1. The lowest BCUT2D eigenvalue weighted by atomic mass is 10.1. The molecule has 2 aromatic rings. The minimum absolute atomic E-state index is 0.0428. The lowest BCUT2D eigenvalue weighted by Crippen LogP contribution is -2.22. The van der Waals surface area contributed by atoms with Gasteiger partial charge in [0.25, 0.3) is 0 Å². The Morgan fingerprint density at radius 1 is 1.47 bits per heavy atom. The normalized spacial score (nSPS) is 12.6. The third kappa shape index (κ3) is 2.97. The molecule has 0 fully saturated rings. The molecule has 0 bridgehead atoms. The second-order valence-electron chi connectivity index (χ2n) is 3.57. The number of nitrogens with one attached hydrogen (secondary N) is 1. The van der Waals surface area contributed by atoms with Crippen molar-refractivity contribution in [1.29, 1.82) is 0 Å². The molecule has 90 valence electrons. The van der Waals surface area contributed by atoms with Crippen molar-refractivity contribution < 1.29 is 4.42 Å². The molecule has 0 aliphatic rings. The van der Waals surface area contributed by atoms with Gasteiger partial charge in [0.15, 0.2) is 0 Å². The van der Waals surface area contributed by atoms with Crippen molar-refractivity contribution >= 4 is 31.9 Å². The number of hydrogen-bond acceptors (Lipinski definition) is 3. The van der Waals surface area contributed by atoms with E-state index in [9.17, 15) is 0 Å². The van der Waals surface area contributed by atoms with E-state index in [2.05, 4.69) is 49.1 Å². The predicted octanol–water partition coefficient (Wildman–Crippen LogP) is 3.90. The van der Waals surface area contributed by atoms with Crippen molar-refractivity contribution in [3.05, 3.63) is 51.1 Å². The molecule has 2 rings (SSSR count). The molecule has 17 heavy (non-hydrogen) atoms. The molecule has 0 aliphatic carbocycles. The lowest BCUT2D eigenvalue weighted by Gasteiger charge is -2.17. The zero-order valence-electron chi connectivity index (χ0n) is 9.28. The Kier molecular flexibility index (Phi) is 4.36. The van der Waals surface area contributed by atoms with Crippen molar-refractivity contribution in [2.24, 2.45) is 0 Å². The first kappa shape index (κ1) is 12.8. The van der Waals surface area contributed by atoms with Crippen LogP contribution >= 0.6 is 31.9 Å². The predicted molar refractivity (Wildman–Crippen MR) is 73.9 cm³/mol. The highest BCUT2D eigenvalue weighted by molar-refractivity contribution is 9.11. The third-order valence-corrected chi connectivity index (χ3v) is 3.46. The molecular formula is C12H12Br2N2O. The van der Waals surface area contributed by atoms with E-state index in [1.807, 2.05) is 12.1 Å². The van der Waals surface area contributed by atoms with Gasteiger partial charge in [0.1, 0.15) is 0 Å². The SMILES string of the molecule is CCNC(c1ccoc1)c1ncc(Br)cc1Br. The first-order valence-corrected chi connectivity index (χ1v) is 6.87. The average molecular weight is 360 g/mol. The minimum Gasteiger partial charge on any atom is -0.472 e. The Balaban J connectivity index is 2.39. The van der Waals surface area contributed by atoms with Gasteiger partial charge in [-0.2, -0.15) is 0 Å². The van der Waals surface area contributed by atoms with Crippen molar-refractivity contribution in [1.82, 2.24) is 10.3 Å². The van der Waals surface area contributed by atoms with Gasteiger partial charge in [0.2, 0.25) is 0 Å². The van der Waals surface area contributed by atoms with E-state index in [1.54, 1.807) is 18.7 Å². The van der Waals surface area contributed by atoms with Crippen LogP contribution in [0.3, 0.4) is 0 Å². The number of hydrogen-bond donors (Lipinski definition) is 1. The van der Waals surface area contributed by atoms with E-state index in [1.165, 1.54) is 0 Å². The molecule has 0 saturated heterocycles. The van der Waals surface area contributed by atoms with Gasteiger partial charge in [0.05, 0.1) is 24.3 Å². The number of halogens is 2. The van der Waals surface area contributed by atoms with E-state index in [0.29, 0.717) is 0 Å². The lowest BCUT2D eigenvalue weighted by molar-refractivity contribution is 0.550. The summed E-state index contributed by atoms with van der Waals surface area (Å²) in [7, 11) is 0. The van der Waals surface area contributed by atoms with Crippen LogP contribution in [-0.4, -0.2) is 11.5 Å². The molecule has 2 aromatic heterocycles. The number of pyridine rings is 1. The standard InChI is InChI=1S/C12H12Br2N2O/c1-2-15-11(8-3-4-17-7-8)12-10(14)5-9(13)6-16-12/h3-7,11,15H,2H2,1H3. The van der Waals surface area contributed by atoms with Gasteiger partial charge >= 0.3 is 0 Å². The molecule has 0 radical (unpaired) electrons. The topological polar surface area (TPSA) is 38.1 Å². The van der Waals surface area contributed by atoms with E-state index in [4.69, 9.17) is 4.42 Å². The second-order valence-corrected chi connectivity index (χ2v) is 5.34. The average Bonchev–Trinajstić information content (AvgIpc) is 2.80. The van der Waals surface area contributed by atoms with E-state index < -0.39 is 0 Å². The van der Waals surface area contributed by atoms with Crippen LogP contribution in [0.25, 0.3) is 0 Å². The molecule has 0 aromatic carbocycles. The maximum Gasteiger partial charge on any atom is 0.0954 e. The molecule has 2 heterocycles. The largest absolute Gasteiger partial charge is 0.472 e. The van der Waals surface area contributed by atoms with Crippen LogP contribution in [0.5, 0.6) is 0 Å². The van der Waals surface area contributed by atoms with Crippen LogP contribution in [0.2, 0.25) is 0 Å². The van der Waals surface area contributed by atoms with E-state index in [-0.39, 0.29) is 6.04 Å². The molecule has 0 spiro atoms. The maximum absolute atomic E-state index is 5.13. The fourth-order valence-corrected chi connectivity index (χ4v) is 2.87. The molecule has 1 atom stereocenters. The number of rotatable bonds is 4. The molecule has 5 heteroatoms. The van der Waals surface area contributed by atoms with Gasteiger partial charge in [-0.1, -0.05) is 6.92 Å². The van der Waals surface area contributed by atoms with Gasteiger partial charge in [-0.3, -0.25) is 4.98 Å². The molecule has 0 aliphatic heterocycles. The summed E-state index contributed by atoms with van der Waals surface area (Å²) in [5.41, 5.74) is 2.03. The Bertz CT molecular complexity index is 485. The monoisotopic (exact) mass is 358 g/mol. The van der Waals surface area contributed by atoms with Gasteiger partial charge in [0, 0.05) is 20.7 Å². The molecule has 1 N–H and O–H groups in total. The van der Waals surface area contributed by atoms with Crippen molar-refractivity contribution in [2.75, 3.05) is 6.54 Å². The smallest absolute Gasteiger partial charge is 0.0954 e. The maximum atomic E-state index is 5.13. The van der Waals surface area contributed by atoms with Crippen LogP contribution in [0.1, 0.15) is 24.2 Å². The fraction of sp³-hybridized carbons (Fsp3) is 0.250. The summed E-state index contributed by atoms with van der Waals surface area (Å²) >= 11 is 6.94. The molecular weight excluding hydrogens is 348 g/mol. The molecule has 0 saturated carbocycles. The number of aromatic nitrogens is 1. The van der Waals surface area contributed by atoms with E-state index in [0.717, 1.165) is 26.7 Å². The second kappa shape index (κ2) is 5.80. The summed E-state index contributed by atoms with van der Waals surface area (Å²) in [6.07, 6.45) is 5.21. The van der Waals surface area contributed by atoms with Gasteiger partial charge in [-0.25, -0.2) is 0 Å². The quantitative estimate of drug-likeness (QED) is 0.899. The highest BCUT2D eigenvalue weighted by atomic mass is 79.9. The summed E-state index contributed by atoms with van der Waals surface area (Å²) in [6, 6.07) is 3.98. The van der Waals surface area contributed by atoms with E-state index >= 15 is 0 Å². The highest BCUT2D eigenvalue weighted by Gasteiger charge is 2.18. The minimum atomic E-state index is 0.0428. The molecule has 0 amide bonds. The fourth-order valence-electron chi connectivity index (χ4n) is 1.65. The Morgan fingerprint density at radius 2 is 2.29 bits per heavy atom. The molecule has 1 unspecified atom stereocenters. The van der Waals surface area contributed by atoms with Crippen LogP contribution in [0.15, 0.2) is 44.2 Å². The Labute approximate surface area is 117 Å². The summed E-state index contributed by atoms with van der Waals surface area (Å²) in [5.74, 6) is 0. The Morgan fingerprint density at radius 3 is 2.88 bits per heavy atom. The van der Waals surface area contributed by atoms with Crippen molar-refractivity contribution in [2.45, 2.75) is 13.0 Å². The van der Waals surface area contributed by atoms with Gasteiger partial charge in [-0.05, 0) is 50.5 Å². The summed E-state index contributed by atoms with van der Waals surface area (Å²) < 4.78 is 7.06. The Hall–Kier alpha value is -0.650. The zero-order chi connectivity index (χ0) is 12.3. The first-order chi connectivity index (χ1) is 8.22. The van der Waals surface area contributed by atoms with Crippen LogP contribution in [-0.2, 0) is 0 Å².